The standard InChI is InChI=1S/C14H12ClN3O5S.ClH/c15-9-8(5-6-1-3-7(4-2-6)18(22)23)24-13-10(16)12(19)17(13)11(9)14(20)21;/h1-4,8,10,13H,5,16H2,(H,20,21);1H/t8?,10?,13-;/m1./s1. The van der Waals surface area contributed by atoms with Gasteiger partial charge < -0.3 is 10.8 Å². The summed E-state index contributed by atoms with van der Waals surface area (Å²) in [6, 6.07) is 5.20. The Balaban J connectivity index is 0.00000225. The predicted octanol–water partition coefficient (Wildman–Crippen LogP) is 1.71. The van der Waals surface area contributed by atoms with Crippen LogP contribution >= 0.6 is 35.8 Å². The average molecular weight is 406 g/mol. The first kappa shape index (κ1) is 19.5. The molecule has 0 radical (unpaired) electrons. The van der Waals surface area contributed by atoms with Crippen LogP contribution in [0.1, 0.15) is 5.56 Å². The van der Waals surface area contributed by atoms with Gasteiger partial charge in [-0.05, 0) is 12.0 Å². The molecule has 1 fully saturated rings. The zero-order chi connectivity index (χ0) is 17.6. The maximum Gasteiger partial charge on any atom is 0.353 e. The summed E-state index contributed by atoms with van der Waals surface area (Å²) >= 11 is 7.54. The number of rotatable bonds is 4. The molecular formula is C14H13Cl2N3O5S. The molecular weight excluding hydrogens is 393 g/mol. The Hall–Kier alpha value is -1.81. The third-order valence-electron chi connectivity index (χ3n) is 3.91. The van der Waals surface area contributed by atoms with Gasteiger partial charge in [-0.25, -0.2) is 4.79 Å². The minimum Gasteiger partial charge on any atom is -0.477 e. The van der Waals surface area contributed by atoms with E-state index in [1.165, 1.54) is 23.9 Å². The molecule has 1 amide bonds. The molecule has 1 aromatic rings. The van der Waals surface area contributed by atoms with Crippen molar-refractivity contribution in [2.24, 2.45) is 5.73 Å². The van der Waals surface area contributed by atoms with Gasteiger partial charge in [-0.15, -0.1) is 24.2 Å². The second-order valence-electron chi connectivity index (χ2n) is 5.38. The van der Waals surface area contributed by atoms with Gasteiger partial charge in [0.15, 0.2) is 0 Å². The predicted molar refractivity (Wildman–Crippen MR) is 94.6 cm³/mol. The number of hydrogen-bond acceptors (Lipinski definition) is 6. The van der Waals surface area contributed by atoms with Crippen LogP contribution in [0.25, 0.3) is 0 Å². The number of fused-ring (bicyclic) bond motifs is 1. The van der Waals surface area contributed by atoms with Gasteiger partial charge in [-0.3, -0.25) is 19.8 Å². The monoisotopic (exact) mass is 405 g/mol. The highest BCUT2D eigenvalue weighted by atomic mass is 35.5. The number of benzene rings is 1. The van der Waals surface area contributed by atoms with Crippen LogP contribution in [0.5, 0.6) is 0 Å². The molecule has 2 unspecified atom stereocenters. The van der Waals surface area contributed by atoms with E-state index in [0.29, 0.717) is 6.42 Å². The molecule has 2 aliphatic heterocycles. The quantitative estimate of drug-likeness (QED) is 0.443. The number of nitro benzene ring substituents is 1. The Morgan fingerprint density at radius 2 is 2.00 bits per heavy atom. The zero-order valence-corrected chi connectivity index (χ0v) is 14.9. The minimum atomic E-state index is -1.28. The number of carbonyl (C=O) groups is 2. The van der Waals surface area contributed by atoms with E-state index in [1.54, 1.807) is 12.1 Å². The fourth-order valence-electron chi connectivity index (χ4n) is 2.68. The van der Waals surface area contributed by atoms with Crippen molar-refractivity contribution < 1.29 is 19.6 Å². The lowest BCUT2D eigenvalue weighted by Gasteiger charge is -2.49. The first-order valence-corrected chi connectivity index (χ1v) is 8.23. The number of non-ortho nitro benzene ring substituents is 1. The van der Waals surface area contributed by atoms with Crippen LogP contribution in [-0.2, 0) is 16.0 Å². The molecule has 3 rings (SSSR count). The first-order chi connectivity index (χ1) is 11.3. The molecule has 1 aromatic carbocycles. The van der Waals surface area contributed by atoms with Gasteiger partial charge in [0.1, 0.15) is 17.1 Å². The van der Waals surface area contributed by atoms with Crippen molar-refractivity contribution >= 4 is 53.3 Å². The number of amides is 1. The minimum absolute atomic E-state index is 0. The van der Waals surface area contributed by atoms with Crippen LogP contribution < -0.4 is 5.73 Å². The normalized spacial score (nSPS) is 25.0. The van der Waals surface area contributed by atoms with E-state index in [4.69, 9.17) is 17.3 Å². The molecule has 0 saturated carbocycles. The summed E-state index contributed by atoms with van der Waals surface area (Å²) in [5.74, 6) is -1.74. The highest BCUT2D eigenvalue weighted by Gasteiger charge is 2.53. The SMILES string of the molecule is Cl.NC1C(=O)N2C(C(=O)O)=C(Cl)C(Cc3ccc([N+](=O)[O-])cc3)S[C@H]12. The van der Waals surface area contributed by atoms with E-state index in [2.05, 4.69) is 0 Å². The zero-order valence-electron chi connectivity index (χ0n) is 12.5. The van der Waals surface area contributed by atoms with E-state index in [1.807, 2.05) is 0 Å². The van der Waals surface area contributed by atoms with Gasteiger partial charge in [0.05, 0.1) is 9.96 Å². The molecule has 134 valence electrons. The van der Waals surface area contributed by atoms with E-state index in [0.717, 1.165) is 10.5 Å². The summed E-state index contributed by atoms with van der Waals surface area (Å²) in [6.07, 6.45) is 0.378. The van der Waals surface area contributed by atoms with Gasteiger partial charge >= 0.3 is 5.97 Å². The maximum atomic E-state index is 11.8. The van der Waals surface area contributed by atoms with Gasteiger partial charge in [0, 0.05) is 17.4 Å². The highest BCUT2D eigenvalue weighted by Crippen LogP contribution is 2.45. The van der Waals surface area contributed by atoms with Crippen LogP contribution in [0.3, 0.4) is 0 Å². The fraction of sp³-hybridized carbons (Fsp3) is 0.286. The van der Waals surface area contributed by atoms with E-state index in [-0.39, 0.29) is 34.1 Å². The maximum absolute atomic E-state index is 11.8. The second kappa shape index (κ2) is 7.20. The second-order valence-corrected chi connectivity index (χ2v) is 7.11. The molecule has 8 nitrogen and oxygen atoms in total. The number of aliphatic carboxylic acids is 1. The van der Waals surface area contributed by atoms with Gasteiger partial charge in [0.25, 0.3) is 5.69 Å². The summed E-state index contributed by atoms with van der Waals surface area (Å²) < 4.78 is 0. The number of nitro groups is 1. The van der Waals surface area contributed by atoms with Crippen molar-refractivity contribution in [3.8, 4) is 0 Å². The van der Waals surface area contributed by atoms with Crippen LogP contribution in [0.4, 0.5) is 5.69 Å². The Kier molecular flexibility index (Phi) is 5.62. The lowest BCUT2D eigenvalue weighted by atomic mass is 10.0. The molecule has 0 aromatic heterocycles. The third kappa shape index (κ3) is 3.32. The Labute approximate surface area is 157 Å². The Bertz CT molecular complexity index is 770. The number of carboxylic acid groups (broad SMARTS) is 1. The topological polar surface area (TPSA) is 127 Å². The molecule has 0 bridgehead atoms. The lowest BCUT2D eigenvalue weighted by molar-refractivity contribution is -0.384. The van der Waals surface area contributed by atoms with Crippen molar-refractivity contribution in [2.75, 3.05) is 0 Å². The summed E-state index contributed by atoms with van der Waals surface area (Å²) in [6.45, 7) is 0. The molecule has 0 aliphatic carbocycles. The van der Waals surface area contributed by atoms with Crippen LogP contribution in [-0.4, -0.2) is 43.5 Å². The molecule has 3 N–H and O–H groups in total. The Morgan fingerprint density at radius 3 is 2.52 bits per heavy atom. The number of nitrogens with two attached hydrogens (primary N) is 1. The molecule has 0 spiro atoms. The van der Waals surface area contributed by atoms with Gasteiger partial charge in [0.2, 0.25) is 5.91 Å². The molecule has 2 aliphatic rings. The average Bonchev–Trinajstić information content (AvgIpc) is 2.55. The van der Waals surface area contributed by atoms with Crippen molar-refractivity contribution in [2.45, 2.75) is 23.1 Å². The number of nitrogens with zero attached hydrogens (tertiary/aromatic N) is 2. The fourth-order valence-corrected chi connectivity index (χ4v) is 4.55. The van der Waals surface area contributed by atoms with E-state index >= 15 is 0 Å². The summed E-state index contributed by atoms with van der Waals surface area (Å²) in [4.78, 5) is 34.6. The number of hydrogen-bond donors (Lipinski definition) is 2. The van der Waals surface area contributed by atoms with Crippen molar-refractivity contribution in [3.63, 3.8) is 0 Å². The smallest absolute Gasteiger partial charge is 0.353 e. The number of thioether (sulfide) groups is 1. The number of β-lactam (4-membered cyclic amide) rings is 1. The molecule has 25 heavy (non-hydrogen) atoms. The molecule has 1 saturated heterocycles. The first-order valence-electron chi connectivity index (χ1n) is 6.91. The third-order valence-corrected chi connectivity index (χ3v) is 5.99. The number of carboxylic acids is 1. The van der Waals surface area contributed by atoms with Gasteiger partial charge in [-0.2, -0.15) is 0 Å². The molecule has 3 atom stereocenters. The Morgan fingerprint density at radius 1 is 1.40 bits per heavy atom. The van der Waals surface area contributed by atoms with E-state index < -0.39 is 28.2 Å². The summed E-state index contributed by atoms with van der Waals surface area (Å²) in [7, 11) is 0. The van der Waals surface area contributed by atoms with Crippen LogP contribution in [0.15, 0.2) is 35.0 Å². The lowest BCUT2D eigenvalue weighted by Crippen LogP contribution is -2.69. The van der Waals surface area contributed by atoms with Crippen LogP contribution in [0, 0.1) is 10.1 Å². The van der Waals surface area contributed by atoms with Crippen molar-refractivity contribution in [1.29, 1.82) is 0 Å². The number of halogens is 2. The molecule has 2 heterocycles. The van der Waals surface area contributed by atoms with E-state index in [9.17, 15) is 24.8 Å². The highest BCUT2D eigenvalue weighted by molar-refractivity contribution is 8.01. The van der Waals surface area contributed by atoms with Gasteiger partial charge in [-0.1, -0.05) is 23.7 Å². The van der Waals surface area contributed by atoms with Crippen molar-refractivity contribution in [3.05, 3.63) is 50.7 Å². The summed E-state index contributed by atoms with van der Waals surface area (Å²) in [5.41, 5.74) is 6.26. The largest absolute Gasteiger partial charge is 0.477 e. The summed E-state index contributed by atoms with van der Waals surface area (Å²) in [5, 5.41) is 19.3. The van der Waals surface area contributed by atoms with Crippen LogP contribution in [0.2, 0.25) is 0 Å². The molecule has 11 heteroatoms. The number of carbonyl (C=O) groups excluding carboxylic acids is 1. The van der Waals surface area contributed by atoms with Crippen molar-refractivity contribution in [1.82, 2.24) is 4.90 Å².